The van der Waals surface area contributed by atoms with Gasteiger partial charge in [0.1, 0.15) is 36.7 Å². The Kier molecular flexibility index (Phi) is 4.48. The Morgan fingerprint density at radius 2 is 2.04 bits per heavy atom. The molecule has 15 heteroatoms. The summed E-state index contributed by atoms with van der Waals surface area (Å²) in [4.78, 5) is 12.0. The van der Waals surface area contributed by atoms with Gasteiger partial charge in [-0.05, 0) is 0 Å². The van der Waals surface area contributed by atoms with Crippen molar-refractivity contribution >= 4 is 27.2 Å². The van der Waals surface area contributed by atoms with Gasteiger partial charge in [-0.2, -0.15) is 13.5 Å². The van der Waals surface area contributed by atoms with E-state index in [-0.39, 0.29) is 23.0 Å². The molecule has 0 spiro atoms. The van der Waals surface area contributed by atoms with Crippen LogP contribution >= 0.6 is 0 Å². The number of rotatable bonds is 5. The van der Waals surface area contributed by atoms with Crippen molar-refractivity contribution < 1.29 is 32.0 Å². The zero-order valence-electron chi connectivity index (χ0n) is 14.0. The average Bonchev–Trinajstić information content (AvgIpc) is 3.33. The van der Waals surface area contributed by atoms with Gasteiger partial charge in [-0.3, -0.25) is 4.18 Å². The number of nitrogens with zero attached hydrogens (tertiary/aromatic N) is 5. The van der Waals surface area contributed by atoms with Gasteiger partial charge in [0.2, 0.25) is 5.89 Å². The summed E-state index contributed by atoms with van der Waals surface area (Å²) in [5.74, 6) is 0.221. The largest absolute Gasteiger partial charge is 0.443 e. The van der Waals surface area contributed by atoms with E-state index >= 15 is 0 Å². The lowest BCUT2D eigenvalue weighted by Gasteiger charge is -2.15. The summed E-state index contributed by atoms with van der Waals surface area (Å²) in [7, 11) is -4.25. The van der Waals surface area contributed by atoms with Gasteiger partial charge in [0.25, 0.3) is 0 Å². The Morgan fingerprint density at radius 1 is 1.25 bits per heavy atom. The average molecular weight is 413 g/mol. The second kappa shape index (κ2) is 6.73. The fourth-order valence-electron chi connectivity index (χ4n) is 2.89. The molecule has 1 aliphatic rings. The highest BCUT2D eigenvalue weighted by Gasteiger charge is 2.46. The number of oxazole rings is 1. The van der Waals surface area contributed by atoms with Gasteiger partial charge < -0.3 is 25.1 Å². The highest BCUT2D eigenvalue weighted by atomic mass is 32.2. The molecule has 28 heavy (non-hydrogen) atoms. The normalized spacial score (nSPS) is 25.5. The first-order chi connectivity index (χ1) is 13.3. The SMILES string of the molecule is Nc1ncnc2c1c(-c1ncco1)nn2[C@@H]1O[C@H](COS(N)(=O)=O)[C@@H](O)[C@H]1O. The first-order valence-electron chi connectivity index (χ1n) is 7.83. The lowest BCUT2D eigenvalue weighted by molar-refractivity contribution is -0.0525. The zero-order chi connectivity index (χ0) is 20.1. The van der Waals surface area contributed by atoms with Crippen molar-refractivity contribution in [1.82, 2.24) is 24.7 Å². The van der Waals surface area contributed by atoms with Crippen LogP contribution in [0.1, 0.15) is 6.23 Å². The second-order valence-electron chi connectivity index (χ2n) is 5.91. The predicted molar refractivity (Wildman–Crippen MR) is 90.2 cm³/mol. The fraction of sp³-hybridized carbons (Fsp3) is 0.385. The van der Waals surface area contributed by atoms with Crippen LogP contribution in [0.15, 0.2) is 23.2 Å². The summed E-state index contributed by atoms with van der Waals surface area (Å²) in [6, 6.07) is 0. The van der Waals surface area contributed by atoms with Crippen LogP contribution in [0.2, 0.25) is 0 Å². The van der Waals surface area contributed by atoms with Crippen molar-refractivity contribution in [2.75, 3.05) is 12.3 Å². The molecule has 0 radical (unpaired) electrons. The van der Waals surface area contributed by atoms with Gasteiger partial charge in [0.05, 0.1) is 18.2 Å². The maximum Gasteiger partial charge on any atom is 0.333 e. The number of nitrogen functional groups attached to an aromatic ring is 1. The van der Waals surface area contributed by atoms with Gasteiger partial charge in [-0.25, -0.2) is 24.8 Å². The van der Waals surface area contributed by atoms with E-state index in [1.807, 2.05) is 0 Å². The highest BCUT2D eigenvalue weighted by Crippen LogP contribution is 2.35. The minimum Gasteiger partial charge on any atom is -0.443 e. The standard InChI is InChI=1S/C13H15N7O7S/c14-10-6-7(12-16-1-2-25-12)19-20(11(6)18-4-17-10)13-9(22)8(21)5(27-13)3-26-28(15,23)24/h1-2,4-5,8-9,13,21-22H,3H2,(H2,14,17,18)(H2,15,23,24)/t5-,8-,9-,13-/m1/s1. The van der Waals surface area contributed by atoms with Crippen molar-refractivity contribution in [3.8, 4) is 11.6 Å². The molecule has 150 valence electrons. The van der Waals surface area contributed by atoms with Crippen molar-refractivity contribution in [3.05, 3.63) is 18.8 Å². The number of fused-ring (bicyclic) bond motifs is 1. The summed E-state index contributed by atoms with van der Waals surface area (Å²) < 4.78 is 38.4. The molecule has 0 unspecified atom stereocenters. The van der Waals surface area contributed by atoms with Crippen LogP contribution in [-0.2, 0) is 19.2 Å². The minimum absolute atomic E-state index is 0.0894. The summed E-state index contributed by atoms with van der Waals surface area (Å²) in [5.41, 5.74) is 6.32. The molecule has 6 N–H and O–H groups in total. The molecule has 14 nitrogen and oxygen atoms in total. The molecular weight excluding hydrogens is 398 g/mol. The fourth-order valence-corrected chi connectivity index (χ4v) is 3.22. The Hall–Kier alpha value is -2.69. The number of aliphatic hydroxyl groups is 2. The number of aliphatic hydroxyl groups excluding tert-OH is 2. The molecular formula is C13H15N7O7S. The van der Waals surface area contributed by atoms with E-state index in [1.165, 1.54) is 23.5 Å². The zero-order valence-corrected chi connectivity index (χ0v) is 14.8. The van der Waals surface area contributed by atoms with Crippen LogP contribution in [-0.4, -0.2) is 68.3 Å². The molecule has 1 saturated heterocycles. The van der Waals surface area contributed by atoms with Gasteiger partial charge in [0.15, 0.2) is 17.6 Å². The summed E-state index contributed by atoms with van der Waals surface area (Å²) >= 11 is 0. The van der Waals surface area contributed by atoms with Crippen LogP contribution in [0.25, 0.3) is 22.6 Å². The molecule has 4 heterocycles. The van der Waals surface area contributed by atoms with E-state index < -0.39 is 41.5 Å². The number of nitrogens with two attached hydrogens (primary N) is 2. The maximum absolute atomic E-state index is 11.0. The molecule has 3 aromatic rings. The van der Waals surface area contributed by atoms with Crippen LogP contribution < -0.4 is 10.9 Å². The predicted octanol–water partition coefficient (Wildman–Crippen LogP) is -2.10. The molecule has 0 saturated carbocycles. The molecule has 1 aliphatic heterocycles. The molecule has 0 aromatic carbocycles. The Balaban J connectivity index is 1.74. The highest BCUT2D eigenvalue weighted by molar-refractivity contribution is 7.84. The van der Waals surface area contributed by atoms with Crippen LogP contribution in [0, 0.1) is 0 Å². The van der Waals surface area contributed by atoms with E-state index in [0.29, 0.717) is 5.39 Å². The van der Waals surface area contributed by atoms with Gasteiger partial charge in [-0.1, -0.05) is 0 Å². The lowest BCUT2D eigenvalue weighted by Crippen LogP contribution is -2.35. The number of anilines is 1. The Bertz CT molecular complexity index is 1100. The van der Waals surface area contributed by atoms with Crippen molar-refractivity contribution in [3.63, 3.8) is 0 Å². The lowest BCUT2D eigenvalue weighted by atomic mass is 10.1. The number of hydrogen-bond donors (Lipinski definition) is 4. The smallest absolute Gasteiger partial charge is 0.333 e. The van der Waals surface area contributed by atoms with E-state index in [2.05, 4.69) is 24.2 Å². The maximum atomic E-state index is 11.0. The Labute approximate surface area is 157 Å². The topological polar surface area (TPSA) is 215 Å². The van der Waals surface area contributed by atoms with Crippen molar-refractivity contribution in [2.24, 2.45) is 5.14 Å². The summed E-state index contributed by atoms with van der Waals surface area (Å²) in [6.07, 6.45) is -1.45. The number of hydrogen-bond acceptors (Lipinski definition) is 12. The number of ether oxygens (including phenoxy) is 1. The molecule has 0 amide bonds. The van der Waals surface area contributed by atoms with Crippen LogP contribution in [0.3, 0.4) is 0 Å². The summed E-state index contributed by atoms with van der Waals surface area (Å²) in [5, 5.41) is 30.0. The second-order valence-corrected chi connectivity index (χ2v) is 7.13. The first kappa shape index (κ1) is 18.7. The molecule has 0 aliphatic carbocycles. The number of aromatic nitrogens is 5. The van der Waals surface area contributed by atoms with Crippen LogP contribution in [0.5, 0.6) is 0 Å². The van der Waals surface area contributed by atoms with Crippen LogP contribution in [0.4, 0.5) is 5.82 Å². The molecule has 0 bridgehead atoms. The monoisotopic (exact) mass is 413 g/mol. The van der Waals surface area contributed by atoms with Crippen molar-refractivity contribution in [2.45, 2.75) is 24.5 Å². The third-order valence-electron chi connectivity index (χ3n) is 4.13. The van der Waals surface area contributed by atoms with E-state index in [1.54, 1.807) is 0 Å². The summed E-state index contributed by atoms with van der Waals surface area (Å²) in [6.45, 7) is -0.601. The molecule has 4 rings (SSSR count). The molecule has 3 aromatic heterocycles. The van der Waals surface area contributed by atoms with Gasteiger partial charge in [-0.15, -0.1) is 0 Å². The Morgan fingerprint density at radius 3 is 2.71 bits per heavy atom. The van der Waals surface area contributed by atoms with E-state index in [9.17, 15) is 18.6 Å². The molecule has 4 atom stereocenters. The quantitative estimate of drug-likeness (QED) is 0.354. The van der Waals surface area contributed by atoms with E-state index in [4.69, 9.17) is 20.0 Å². The molecule has 1 fully saturated rings. The third kappa shape index (κ3) is 3.19. The first-order valence-corrected chi connectivity index (χ1v) is 9.30. The van der Waals surface area contributed by atoms with Gasteiger partial charge >= 0.3 is 10.3 Å². The minimum atomic E-state index is -4.25. The third-order valence-corrected chi connectivity index (χ3v) is 4.59. The van der Waals surface area contributed by atoms with E-state index in [0.717, 1.165) is 0 Å². The van der Waals surface area contributed by atoms with Gasteiger partial charge in [0, 0.05) is 0 Å². The van der Waals surface area contributed by atoms with Crippen molar-refractivity contribution in [1.29, 1.82) is 0 Å².